The first-order valence-corrected chi connectivity index (χ1v) is 6.44. The van der Waals surface area contributed by atoms with Gasteiger partial charge in [0.15, 0.2) is 5.69 Å². The summed E-state index contributed by atoms with van der Waals surface area (Å²) in [5.41, 5.74) is 0.946. The highest BCUT2D eigenvalue weighted by molar-refractivity contribution is 5.84. The number of aromatic nitrogens is 4. The van der Waals surface area contributed by atoms with E-state index in [4.69, 9.17) is 5.11 Å². The summed E-state index contributed by atoms with van der Waals surface area (Å²) in [4.78, 5) is 26.2. The van der Waals surface area contributed by atoms with Gasteiger partial charge in [-0.3, -0.25) is 9.78 Å². The molecule has 0 atom stereocenters. The van der Waals surface area contributed by atoms with Gasteiger partial charge in [-0.25, -0.2) is 9.48 Å². The van der Waals surface area contributed by atoms with E-state index < -0.39 is 5.97 Å². The number of nitrogens with one attached hydrogen (secondary N) is 1. The highest BCUT2D eigenvalue weighted by Gasteiger charge is 2.08. The van der Waals surface area contributed by atoms with Crippen LogP contribution in [0.15, 0.2) is 30.7 Å². The van der Waals surface area contributed by atoms with Crippen LogP contribution >= 0.6 is 0 Å². The van der Waals surface area contributed by atoms with Gasteiger partial charge in [-0.1, -0.05) is 5.21 Å². The van der Waals surface area contributed by atoms with Crippen LogP contribution in [-0.2, 0) is 17.8 Å². The first-order valence-electron chi connectivity index (χ1n) is 6.44. The molecule has 0 aliphatic heterocycles. The van der Waals surface area contributed by atoms with Gasteiger partial charge in [-0.15, -0.1) is 5.10 Å². The molecule has 0 aliphatic carbocycles. The largest absolute Gasteiger partial charge is 0.476 e. The standard InChI is InChI=1S/C13H15N5O3/c19-12(2-1-10-3-5-14-6-4-10)15-7-8-18-9-11(13(20)21)16-17-18/h3-6,9H,1-2,7-8H2,(H,15,19)(H,20,21). The van der Waals surface area contributed by atoms with Crippen molar-refractivity contribution in [3.8, 4) is 0 Å². The number of aryl methyl sites for hydroxylation is 1. The van der Waals surface area contributed by atoms with E-state index in [1.165, 1.54) is 10.9 Å². The molecule has 0 radical (unpaired) electrons. The minimum atomic E-state index is -1.12. The van der Waals surface area contributed by atoms with Crippen LogP contribution in [0.5, 0.6) is 0 Å². The minimum Gasteiger partial charge on any atom is -0.476 e. The molecule has 1 amide bonds. The van der Waals surface area contributed by atoms with Crippen molar-refractivity contribution in [2.75, 3.05) is 6.54 Å². The number of rotatable bonds is 7. The quantitative estimate of drug-likeness (QED) is 0.749. The van der Waals surface area contributed by atoms with Crippen LogP contribution in [0, 0.1) is 0 Å². The Kier molecular flexibility index (Phi) is 4.97. The number of hydrogen-bond donors (Lipinski definition) is 2. The maximum absolute atomic E-state index is 11.7. The number of aromatic carboxylic acids is 1. The smallest absolute Gasteiger partial charge is 0.358 e. The van der Waals surface area contributed by atoms with E-state index in [1.807, 2.05) is 12.1 Å². The van der Waals surface area contributed by atoms with Gasteiger partial charge in [0.2, 0.25) is 5.91 Å². The van der Waals surface area contributed by atoms with Gasteiger partial charge in [0, 0.05) is 25.4 Å². The van der Waals surface area contributed by atoms with E-state index in [2.05, 4.69) is 20.6 Å². The monoisotopic (exact) mass is 289 g/mol. The van der Waals surface area contributed by atoms with Crippen molar-refractivity contribution in [2.45, 2.75) is 19.4 Å². The maximum atomic E-state index is 11.7. The van der Waals surface area contributed by atoms with Crippen molar-refractivity contribution in [3.63, 3.8) is 0 Å². The fourth-order valence-electron chi connectivity index (χ4n) is 1.71. The lowest BCUT2D eigenvalue weighted by molar-refractivity contribution is -0.121. The lowest BCUT2D eigenvalue weighted by Gasteiger charge is -2.05. The summed E-state index contributed by atoms with van der Waals surface area (Å²) in [5.74, 6) is -1.19. The van der Waals surface area contributed by atoms with Crippen LogP contribution in [0.1, 0.15) is 22.5 Å². The Morgan fingerprint density at radius 1 is 1.29 bits per heavy atom. The van der Waals surface area contributed by atoms with Crippen LogP contribution in [0.25, 0.3) is 0 Å². The zero-order chi connectivity index (χ0) is 15.1. The molecule has 0 spiro atoms. The van der Waals surface area contributed by atoms with Crippen LogP contribution in [0.2, 0.25) is 0 Å². The van der Waals surface area contributed by atoms with Gasteiger partial charge in [-0.05, 0) is 24.1 Å². The SMILES string of the molecule is O=C(CCc1ccncc1)NCCn1cc(C(=O)O)nn1. The van der Waals surface area contributed by atoms with Gasteiger partial charge < -0.3 is 10.4 Å². The van der Waals surface area contributed by atoms with Crippen molar-refractivity contribution >= 4 is 11.9 Å². The lowest BCUT2D eigenvalue weighted by atomic mass is 10.1. The zero-order valence-electron chi connectivity index (χ0n) is 11.3. The van der Waals surface area contributed by atoms with E-state index in [0.717, 1.165) is 5.56 Å². The number of amides is 1. The van der Waals surface area contributed by atoms with Gasteiger partial charge in [0.25, 0.3) is 0 Å². The predicted molar refractivity (Wildman–Crippen MR) is 72.5 cm³/mol. The van der Waals surface area contributed by atoms with E-state index in [-0.39, 0.29) is 11.6 Å². The maximum Gasteiger partial charge on any atom is 0.358 e. The van der Waals surface area contributed by atoms with Crippen LogP contribution in [0.3, 0.4) is 0 Å². The highest BCUT2D eigenvalue weighted by Crippen LogP contribution is 2.00. The first kappa shape index (κ1) is 14.6. The average Bonchev–Trinajstić information content (AvgIpc) is 2.95. The number of nitrogens with zero attached hydrogens (tertiary/aromatic N) is 4. The molecule has 0 unspecified atom stereocenters. The molecule has 0 saturated carbocycles. The third kappa shape index (κ3) is 4.68. The molecule has 2 N–H and O–H groups in total. The highest BCUT2D eigenvalue weighted by atomic mass is 16.4. The van der Waals surface area contributed by atoms with E-state index in [1.54, 1.807) is 12.4 Å². The summed E-state index contributed by atoms with van der Waals surface area (Å²) < 4.78 is 1.38. The fourth-order valence-corrected chi connectivity index (χ4v) is 1.71. The Hall–Kier alpha value is -2.77. The molecule has 8 nitrogen and oxygen atoms in total. The predicted octanol–water partition coefficient (Wildman–Crippen LogP) is 0.120. The molecular weight excluding hydrogens is 274 g/mol. The molecule has 21 heavy (non-hydrogen) atoms. The minimum absolute atomic E-state index is 0.0645. The second-order valence-electron chi connectivity index (χ2n) is 4.38. The van der Waals surface area contributed by atoms with Crippen LogP contribution in [-0.4, -0.2) is 43.5 Å². The molecule has 0 aromatic carbocycles. The van der Waals surface area contributed by atoms with E-state index in [0.29, 0.717) is 25.9 Å². The molecule has 2 rings (SSSR count). The molecule has 0 aliphatic rings. The molecule has 0 bridgehead atoms. The Labute approximate surface area is 120 Å². The Bertz CT molecular complexity index is 611. The fraction of sp³-hybridized carbons (Fsp3) is 0.308. The average molecular weight is 289 g/mol. The third-order valence-corrected chi connectivity index (χ3v) is 2.81. The van der Waals surface area contributed by atoms with Gasteiger partial charge in [0.05, 0.1) is 12.7 Å². The number of hydrogen-bond acceptors (Lipinski definition) is 5. The van der Waals surface area contributed by atoms with E-state index >= 15 is 0 Å². The van der Waals surface area contributed by atoms with Crippen molar-refractivity contribution < 1.29 is 14.7 Å². The molecule has 0 fully saturated rings. The molecule has 2 heterocycles. The van der Waals surface area contributed by atoms with Crippen molar-refractivity contribution in [1.82, 2.24) is 25.3 Å². The first-order chi connectivity index (χ1) is 10.1. The van der Waals surface area contributed by atoms with Gasteiger partial charge >= 0.3 is 5.97 Å². The molecule has 8 heteroatoms. The van der Waals surface area contributed by atoms with Gasteiger partial charge in [-0.2, -0.15) is 0 Å². The number of carbonyl (C=O) groups excluding carboxylic acids is 1. The van der Waals surface area contributed by atoms with Gasteiger partial charge in [0.1, 0.15) is 0 Å². The Morgan fingerprint density at radius 2 is 2.05 bits per heavy atom. The summed E-state index contributed by atoms with van der Waals surface area (Å²) >= 11 is 0. The summed E-state index contributed by atoms with van der Waals surface area (Å²) in [7, 11) is 0. The lowest BCUT2D eigenvalue weighted by Crippen LogP contribution is -2.27. The normalized spacial score (nSPS) is 10.3. The topological polar surface area (TPSA) is 110 Å². The number of carboxylic acid groups (broad SMARTS) is 1. The van der Waals surface area contributed by atoms with Crippen molar-refractivity contribution in [1.29, 1.82) is 0 Å². The molecule has 2 aromatic heterocycles. The van der Waals surface area contributed by atoms with Crippen molar-refractivity contribution in [3.05, 3.63) is 42.0 Å². The zero-order valence-corrected chi connectivity index (χ0v) is 11.3. The molecule has 2 aromatic rings. The number of pyridine rings is 1. The third-order valence-electron chi connectivity index (χ3n) is 2.81. The second kappa shape index (κ2) is 7.13. The van der Waals surface area contributed by atoms with E-state index in [9.17, 15) is 9.59 Å². The summed E-state index contributed by atoms with van der Waals surface area (Å²) in [5, 5.41) is 18.6. The Balaban J connectivity index is 1.68. The molecule has 110 valence electrons. The number of carbonyl (C=O) groups is 2. The van der Waals surface area contributed by atoms with Crippen LogP contribution in [0.4, 0.5) is 0 Å². The summed E-state index contributed by atoms with van der Waals surface area (Å²) in [6.45, 7) is 0.749. The summed E-state index contributed by atoms with van der Waals surface area (Å²) in [6, 6.07) is 3.74. The summed E-state index contributed by atoms with van der Waals surface area (Å²) in [6.07, 6.45) is 5.75. The van der Waals surface area contributed by atoms with Crippen LogP contribution < -0.4 is 5.32 Å². The Morgan fingerprint density at radius 3 is 2.71 bits per heavy atom. The van der Waals surface area contributed by atoms with Crippen molar-refractivity contribution in [2.24, 2.45) is 0 Å². The second-order valence-corrected chi connectivity index (χ2v) is 4.38. The number of carboxylic acids is 1. The molecule has 0 saturated heterocycles. The molecular formula is C13H15N5O3.